The van der Waals surface area contributed by atoms with E-state index in [-0.39, 0.29) is 13.4 Å². The van der Waals surface area contributed by atoms with Gasteiger partial charge in [0.15, 0.2) is 0 Å². The van der Waals surface area contributed by atoms with E-state index in [1.54, 1.807) is 0 Å². The van der Waals surface area contributed by atoms with Gasteiger partial charge in [-0.2, -0.15) is 0 Å². The lowest BCUT2D eigenvalue weighted by atomic mass is 9.35. The van der Waals surface area contributed by atoms with E-state index in [2.05, 4.69) is 212 Å². The van der Waals surface area contributed by atoms with Crippen LogP contribution < -0.4 is 21.9 Å². The molecule has 9 aromatic rings. The third-order valence-electron chi connectivity index (χ3n) is 10.9. The summed E-state index contributed by atoms with van der Waals surface area (Å²) >= 11 is 0. The Hall–Kier alpha value is -7.62. The molecule has 3 heterocycles. The normalized spacial score (nSPS) is 11.5. The Labute approximate surface area is 353 Å². The third-order valence-corrected chi connectivity index (χ3v) is 10.9. The van der Waals surface area contributed by atoms with Crippen molar-refractivity contribution in [3.05, 3.63) is 259 Å². The van der Waals surface area contributed by atoms with Gasteiger partial charge in [0.1, 0.15) is 0 Å². The van der Waals surface area contributed by atoms with Crippen LogP contribution in [0.1, 0.15) is 22.3 Å². The molecular weight excluding hydrogens is 724 g/mol. The molecule has 0 saturated heterocycles. The highest BCUT2D eigenvalue weighted by Crippen LogP contribution is 2.31. The molecule has 0 bridgehead atoms. The predicted octanol–water partition coefficient (Wildman–Crippen LogP) is 9.98. The zero-order valence-corrected chi connectivity index (χ0v) is 33.2. The molecule has 0 aliphatic carbocycles. The van der Waals surface area contributed by atoms with Crippen LogP contribution in [0.15, 0.2) is 237 Å². The maximum absolute atomic E-state index is 5.33. The maximum atomic E-state index is 5.33. The summed E-state index contributed by atoms with van der Waals surface area (Å²) in [6.45, 7) is -0.0288. The van der Waals surface area contributed by atoms with Crippen LogP contribution in [-0.2, 0) is 0 Å². The van der Waals surface area contributed by atoms with Crippen molar-refractivity contribution in [1.82, 2.24) is 15.0 Å². The lowest BCUT2D eigenvalue weighted by Crippen LogP contribution is -2.43. The minimum atomic E-state index is -0.0144. The molecule has 60 heavy (non-hydrogen) atoms. The fourth-order valence-electron chi connectivity index (χ4n) is 8.14. The zero-order valence-electron chi connectivity index (χ0n) is 33.2. The highest BCUT2D eigenvalue weighted by atomic mass is 14.8. The SMILES string of the molecule is C(=C(/B(c1ccccc1)c1ccccc1)c1ccccc1)/c1cccnc1-c1cccc(-c2ncccc2/C=C(\B(c2ccccc2)c2ccccc2)c2ccccc2)n1. The molecule has 5 heteroatoms. The van der Waals surface area contributed by atoms with E-state index in [0.29, 0.717) is 0 Å². The summed E-state index contributed by atoms with van der Waals surface area (Å²) in [7, 11) is 0. The molecule has 0 atom stereocenters. The van der Waals surface area contributed by atoms with E-state index in [9.17, 15) is 0 Å². The van der Waals surface area contributed by atoms with Crippen LogP contribution in [0, 0.1) is 0 Å². The summed E-state index contributed by atoms with van der Waals surface area (Å²) in [5.41, 5.74) is 14.7. The van der Waals surface area contributed by atoms with E-state index < -0.39 is 0 Å². The molecule has 3 aromatic heterocycles. The summed E-state index contributed by atoms with van der Waals surface area (Å²) < 4.78 is 0. The van der Waals surface area contributed by atoms with Crippen molar-refractivity contribution in [2.75, 3.05) is 0 Å². The monoisotopic (exact) mass is 765 g/mol. The molecule has 0 saturated carbocycles. The topological polar surface area (TPSA) is 38.7 Å². The summed E-state index contributed by atoms with van der Waals surface area (Å²) in [6.07, 6.45) is 8.29. The van der Waals surface area contributed by atoms with Crippen molar-refractivity contribution >= 4 is 58.4 Å². The molecule has 0 radical (unpaired) electrons. The van der Waals surface area contributed by atoms with E-state index in [0.717, 1.165) is 45.0 Å². The molecule has 0 aliphatic rings. The Morgan fingerprint density at radius 1 is 0.317 bits per heavy atom. The molecule has 9 rings (SSSR count). The summed E-state index contributed by atoms with van der Waals surface area (Å²) in [4.78, 5) is 15.3. The Morgan fingerprint density at radius 2 is 0.633 bits per heavy atom. The highest BCUT2D eigenvalue weighted by Gasteiger charge is 2.27. The lowest BCUT2D eigenvalue weighted by Gasteiger charge is -2.20. The van der Waals surface area contributed by atoms with Crippen LogP contribution >= 0.6 is 0 Å². The predicted molar refractivity (Wildman–Crippen MR) is 255 cm³/mol. The molecule has 0 fully saturated rings. The molecule has 0 spiro atoms. The van der Waals surface area contributed by atoms with Gasteiger partial charge >= 0.3 is 0 Å². The molecule has 0 aliphatic heterocycles. The lowest BCUT2D eigenvalue weighted by molar-refractivity contribution is 1.21. The Morgan fingerprint density at radius 3 is 0.967 bits per heavy atom. The van der Waals surface area contributed by atoms with Crippen molar-refractivity contribution in [2.45, 2.75) is 0 Å². The summed E-state index contributed by atoms with van der Waals surface area (Å²) in [5.74, 6) is 0. The van der Waals surface area contributed by atoms with Crippen LogP contribution in [0.5, 0.6) is 0 Å². The van der Waals surface area contributed by atoms with Crippen LogP contribution in [0.4, 0.5) is 0 Å². The van der Waals surface area contributed by atoms with Crippen LogP contribution in [0.2, 0.25) is 0 Å². The number of benzene rings is 6. The van der Waals surface area contributed by atoms with Gasteiger partial charge in [-0.3, -0.25) is 9.97 Å². The smallest absolute Gasteiger partial charge is 0.241 e. The van der Waals surface area contributed by atoms with Gasteiger partial charge in [-0.25, -0.2) is 4.98 Å². The average Bonchev–Trinajstić information content (AvgIpc) is 3.33. The fraction of sp³-hybridized carbons (Fsp3) is 0. The van der Waals surface area contributed by atoms with Gasteiger partial charge in [-0.15, -0.1) is 0 Å². The van der Waals surface area contributed by atoms with Crippen molar-refractivity contribution in [3.8, 4) is 22.8 Å². The minimum absolute atomic E-state index is 0.0144. The van der Waals surface area contributed by atoms with Crippen molar-refractivity contribution in [3.63, 3.8) is 0 Å². The minimum Gasteiger partial charge on any atom is -0.254 e. The quantitative estimate of drug-likeness (QED) is 0.116. The van der Waals surface area contributed by atoms with Gasteiger partial charge in [-0.05, 0) is 35.4 Å². The Balaban J connectivity index is 1.18. The average molecular weight is 766 g/mol. The molecular formula is C55H41B2N3. The largest absolute Gasteiger partial charge is 0.254 e. The highest BCUT2D eigenvalue weighted by molar-refractivity contribution is 7.01. The van der Waals surface area contributed by atoms with Crippen LogP contribution in [0.3, 0.4) is 0 Å². The van der Waals surface area contributed by atoms with Gasteiger partial charge in [0, 0.05) is 23.5 Å². The van der Waals surface area contributed by atoms with Crippen molar-refractivity contribution < 1.29 is 0 Å². The molecule has 282 valence electrons. The first kappa shape index (κ1) is 37.9. The number of nitrogens with zero attached hydrogens (tertiary/aromatic N) is 3. The first-order valence-corrected chi connectivity index (χ1v) is 20.4. The van der Waals surface area contributed by atoms with Crippen LogP contribution in [-0.4, -0.2) is 28.4 Å². The summed E-state index contributed by atoms with van der Waals surface area (Å²) in [6, 6.07) is 78.8. The Kier molecular flexibility index (Phi) is 11.6. The van der Waals surface area contributed by atoms with E-state index >= 15 is 0 Å². The second-order valence-corrected chi connectivity index (χ2v) is 14.7. The number of rotatable bonds is 12. The maximum Gasteiger partial charge on any atom is 0.241 e. The standard InChI is InChI=1S/C55H41B2N3/c1-7-22-42(23-8-1)50(56(46-28-11-3-12-29-46)47-30-13-4-14-31-47)40-44-26-20-38-58-54(44)52-36-19-37-53(60-52)55-45(27-21-39-59-55)41-51(43-24-9-2-10-25-43)57(48-32-15-5-16-33-48)49-34-17-6-18-35-49/h1-41H/b50-40-,51-41-. The van der Waals surface area contributed by atoms with Gasteiger partial charge in [-0.1, -0.05) is 245 Å². The van der Waals surface area contributed by atoms with E-state index in [4.69, 9.17) is 15.0 Å². The van der Waals surface area contributed by atoms with Gasteiger partial charge in [0.2, 0.25) is 13.4 Å². The molecule has 0 amide bonds. The molecule has 3 nitrogen and oxygen atoms in total. The van der Waals surface area contributed by atoms with Gasteiger partial charge in [0.05, 0.1) is 22.8 Å². The first-order chi connectivity index (χ1) is 29.8. The second kappa shape index (κ2) is 18.3. The van der Waals surface area contributed by atoms with E-state index in [1.165, 1.54) is 32.8 Å². The number of aromatic nitrogens is 3. The number of hydrogen-bond acceptors (Lipinski definition) is 3. The van der Waals surface area contributed by atoms with Crippen molar-refractivity contribution in [2.24, 2.45) is 0 Å². The van der Waals surface area contributed by atoms with Crippen LogP contribution in [0.25, 0.3) is 45.9 Å². The Bertz CT molecular complexity index is 2580. The molecule has 0 N–H and O–H groups in total. The van der Waals surface area contributed by atoms with Gasteiger partial charge < -0.3 is 0 Å². The fourth-order valence-corrected chi connectivity index (χ4v) is 8.14. The van der Waals surface area contributed by atoms with E-state index in [1.807, 2.05) is 36.7 Å². The zero-order chi connectivity index (χ0) is 40.4. The second-order valence-electron chi connectivity index (χ2n) is 14.7. The number of hydrogen-bond donors (Lipinski definition) is 0. The summed E-state index contributed by atoms with van der Waals surface area (Å²) in [5, 5.41) is 0. The third kappa shape index (κ3) is 8.48. The first-order valence-electron chi connectivity index (χ1n) is 20.4. The molecule has 6 aromatic carbocycles. The van der Waals surface area contributed by atoms with Crippen molar-refractivity contribution in [1.29, 1.82) is 0 Å². The molecule has 0 unspecified atom stereocenters. The van der Waals surface area contributed by atoms with Gasteiger partial charge in [0.25, 0.3) is 0 Å². The number of pyridine rings is 3.